The molecule has 1 rings (SSSR count). The summed E-state index contributed by atoms with van der Waals surface area (Å²) < 4.78 is 30.2. The third-order valence-corrected chi connectivity index (χ3v) is 3.58. The Labute approximate surface area is 107 Å². The van der Waals surface area contributed by atoms with Crippen LogP contribution in [0.5, 0.6) is 0 Å². The van der Waals surface area contributed by atoms with E-state index in [1.165, 1.54) is 7.11 Å². The predicted octanol–water partition coefficient (Wildman–Crippen LogP) is 0.0365. The SMILES string of the molecule is COCCS(=O)(=O)NCc1cccc(C(=N)N)c1. The first kappa shape index (κ1) is 14.6. The topological polar surface area (TPSA) is 105 Å². The zero-order chi connectivity index (χ0) is 13.6. The summed E-state index contributed by atoms with van der Waals surface area (Å²) in [6, 6.07) is 6.88. The number of nitrogens with one attached hydrogen (secondary N) is 2. The van der Waals surface area contributed by atoms with Crippen LogP contribution in [-0.2, 0) is 21.3 Å². The standard InChI is InChI=1S/C11H17N3O3S/c1-17-5-6-18(15,16)14-8-9-3-2-4-10(7-9)11(12)13/h2-4,7,14H,5-6,8H2,1H3,(H3,12,13). The molecule has 0 saturated heterocycles. The van der Waals surface area contributed by atoms with Crippen LogP contribution in [0.3, 0.4) is 0 Å². The summed E-state index contributed by atoms with van der Waals surface area (Å²) in [6.45, 7) is 0.329. The maximum absolute atomic E-state index is 11.5. The van der Waals surface area contributed by atoms with E-state index in [2.05, 4.69) is 4.72 Å². The largest absolute Gasteiger partial charge is 0.384 e. The van der Waals surface area contributed by atoms with Crippen molar-refractivity contribution in [1.29, 1.82) is 5.41 Å². The summed E-state index contributed by atoms with van der Waals surface area (Å²) in [4.78, 5) is 0. The number of hydrogen-bond acceptors (Lipinski definition) is 4. The van der Waals surface area contributed by atoms with E-state index < -0.39 is 10.0 Å². The van der Waals surface area contributed by atoms with Crippen molar-refractivity contribution < 1.29 is 13.2 Å². The number of rotatable bonds is 7. The van der Waals surface area contributed by atoms with Crippen LogP contribution in [0.4, 0.5) is 0 Å². The molecule has 0 fully saturated rings. The van der Waals surface area contributed by atoms with E-state index in [0.29, 0.717) is 5.56 Å². The lowest BCUT2D eigenvalue weighted by atomic mass is 10.1. The van der Waals surface area contributed by atoms with Gasteiger partial charge in [0.1, 0.15) is 5.84 Å². The summed E-state index contributed by atoms with van der Waals surface area (Å²) in [7, 11) is -1.88. The number of benzene rings is 1. The van der Waals surface area contributed by atoms with Gasteiger partial charge in [-0.25, -0.2) is 13.1 Å². The molecule has 0 atom stereocenters. The molecule has 1 aromatic rings. The molecule has 0 saturated carbocycles. The summed E-state index contributed by atoms with van der Waals surface area (Å²) in [6.07, 6.45) is 0. The Balaban J connectivity index is 2.63. The Morgan fingerprint density at radius 1 is 1.50 bits per heavy atom. The van der Waals surface area contributed by atoms with Gasteiger partial charge in [-0.2, -0.15) is 0 Å². The minimum Gasteiger partial charge on any atom is -0.384 e. The first-order valence-corrected chi connectivity index (χ1v) is 6.99. The van der Waals surface area contributed by atoms with Crippen LogP contribution in [-0.4, -0.2) is 33.7 Å². The Morgan fingerprint density at radius 3 is 2.83 bits per heavy atom. The zero-order valence-corrected chi connectivity index (χ0v) is 11.0. The molecule has 0 heterocycles. The first-order valence-electron chi connectivity index (χ1n) is 5.34. The van der Waals surface area contributed by atoms with Crippen molar-refractivity contribution in [3.63, 3.8) is 0 Å². The van der Waals surface area contributed by atoms with Gasteiger partial charge in [0.25, 0.3) is 0 Å². The van der Waals surface area contributed by atoms with Crippen LogP contribution < -0.4 is 10.5 Å². The molecule has 6 nitrogen and oxygen atoms in total. The monoisotopic (exact) mass is 271 g/mol. The van der Waals surface area contributed by atoms with Gasteiger partial charge < -0.3 is 10.5 Å². The van der Waals surface area contributed by atoms with Gasteiger partial charge in [-0.15, -0.1) is 0 Å². The molecule has 0 aliphatic carbocycles. The molecule has 1 aromatic carbocycles. The summed E-state index contributed by atoms with van der Waals surface area (Å²) >= 11 is 0. The Hall–Kier alpha value is -1.44. The number of methoxy groups -OCH3 is 1. The molecule has 18 heavy (non-hydrogen) atoms. The molecule has 0 aliphatic heterocycles. The van der Waals surface area contributed by atoms with Crippen molar-refractivity contribution in [2.75, 3.05) is 19.5 Å². The lowest BCUT2D eigenvalue weighted by molar-refractivity contribution is 0.217. The molecule has 100 valence electrons. The number of sulfonamides is 1. The van der Waals surface area contributed by atoms with Gasteiger partial charge in [-0.05, 0) is 11.6 Å². The van der Waals surface area contributed by atoms with Gasteiger partial charge in [-0.1, -0.05) is 18.2 Å². The van der Waals surface area contributed by atoms with E-state index in [1.807, 2.05) is 0 Å². The first-order chi connectivity index (χ1) is 8.44. The van der Waals surface area contributed by atoms with Gasteiger partial charge in [0.2, 0.25) is 10.0 Å². The minimum atomic E-state index is -3.33. The summed E-state index contributed by atoms with van der Waals surface area (Å²) in [5.41, 5.74) is 6.68. The molecule has 0 aromatic heterocycles. The fraction of sp³-hybridized carbons (Fsp3) is 0.364. The Bertz CT molecular complexity index is 514. The lowest BCUT2D eigenvalue weighted by Crippen LogP contribution is -2.27. The van der Waals surface area contributed by atoms with Gasteiger partial charge in [0.15, 0.2) is 0 Å². The Morgan fingerprint density at radius 2 is 2.22 bits per heavy atom. The number of nitrogens with two attached hydrogens (primary N) is 1. The molecule has 4 N–H and O–H groups in total. The third-order valence-electron chi connectivity index (χ3n) is 2.29. The van der Waals surface area contributed by atoms with Crippen LogP contribution >= 0.6 is 0 Å². The maximum atomic E-state index is 11.5. The smallest absolute Gasteiger partial charge is 0.214 e. The van der Waals surface area contributed by atoms with Crippen molar-refractivity contribution in [2.24, 2.45) is 5.73 Å². The average molecular weight is 271 g/mol. The second-order valence-electron chi connectivity index (χ2n) is 3.75. The fourth-order valence-electron chi connectivity index (χ4n) is 1.31. The van der Waals surface area contributed by atoms with Gasteiger partial charge in [0, 0.05) is 19.2 Å². The quantitative estimate of drug-likeness (QED) is 0.481. The predicted molar refractivity (Wildman–Crippen MR) is 70.0 cm³/mol. The third kappa shape index (κ3) is 4.82. The van der Waals surface area contributed by atoms with Gasteiger partial charge in [-0.3, -0.25) is 5.41 Å². The van der Waals surface area contributed by atoms with E-state index in [1.54, 1.807) is 24.3 Å². The van der Waals surface area contributed by atoms with Crippen molar-refractivity contribution in [3.05, 3.63) is 35.4 Å². The number of hydrogen-bond donors (Lipinski definition) is 3. The average Bonchev–Trinajstić information content (AvgIpc) is 2.34. The molecular weight excluding hydrogens is 254 g/mol. The van der Waals surface area contributed by atoms with E-state index in [0.717, 1.165) is 5.56 Å². The van der Waals surface area contributed by atoms with Crippen LogP contribution in [0.15, 0.2) is 24.3 Å². The highest BCUT2D eigenvalue weighted by Gasteiger charge is 2.09. The zero-order valence-electron chi connectivity index (χ0n) is 10.1. The lowest BCUT2D eigenvalue weighted by Gasteiger charge is -2.07. The van der Waals surface area contributed by atoms with Gasteiger partial charge >= 0.3 is 0 Å². The molecule has 0 unspecified atom stereocenters. The number of nitrogen functional groups attached to an aromatic ring is 1. The van der Waals surface area contributed by atoms with Crippen molar-refractivity contribution in [1.82, 2.24) is 4.72 Å². The van der Waals surface area contributed by atoms with Crippen LogP contribution in [0.2, 0.25) is 0 Å². The normalized spacial score (nSPS) is 11.4. The number of amidine groups is 1. The molecule has 0 radical (unpaired) electrons. The van der Waals surface area contributed by atoms with E-state index in [-0.39, 0.29) is 24.7 Å². The summed E-state index contributed by atoms with van der Waals surface area (Å²) in [5.74, 6) is -0.116. The Kier molecular flexibility index (Phi) is 5.26. The molecule has 0 spiro atoms. The van der Waals surface area contributed by atoms with Crippen molar-refractivity contribution in [2.45, 2.75) is 6.54 Å². The second-order valence-corrected chi connectivity index (χ2v) is 5.67. The van der Waals surface area contributed by atoms with Crippen LogP contribution in [0.25, 0.3) is 0 Å². The van der Waals surface area contributed by atoms with Crippen molar-refractivity contribution in [3.8, 4) is 0 Å². The highest BCUT2D eigenvalue weighted by Crippen LogP contribution is 2.05. The van der Waals surface area contributed by atoms with Crippen LogP contribution in [0.1, 0.15) is 11.1 Å². The molecule has 7 heteroatoms. The second kappa shape index (κ2) is 6.48. The number of ether oxygens (including phenoxy) is 1. The molecule has 0 aliphatic rings. The van der Waals surface area contributed by atoms with Crippen molar-refractivity contribution >= 4 is 15.9 Å². The van der Waals surface area contributed by atoms with Gasteiger partial charge in [0.05, 0.1) is 12.4 Å². The molecule has 0 amide bonds. The van der Waals surface area contributed by atoms with Crippen LogP contribution in [0, 0.1) is 5.41 Å². The minimum absolute atomic E-state index is 0.0425. The van der Waals surface area contributed by atoms with E-state index >= 15 is 0 Å². The molecule has 0 bridgehead atoms. The molecular formula is C11H17N3O3S. The van der Waals surface area contributed by atoms with E-state index in [9.17, 15) is 8.42 Å². The van der Waals surface area contributed by atoms with E-state index in [4.69, 9.17) is 15.9 Å². The highest BCUT2D eigenvalue weighted by molar-refractivity contribution is 7.89. The highest BCUT2D eigenvalue weighted by atomic mass is 32.2. The summed E-state index contributed by atoms with van der Waals surface area (Å²) in [5, 5.41) is 7.30. The maximum Gasteiger partial charge on any atom is 0.214 e. The fourth-order valence-corrected chi connectivity index (χ4v) is 2.22.